The minimum atomic E-state index is 0.994. The second kappa shape index (κ2) is 3.76. The van der Waals surface area contributed by atoms with E-state index in [0.29, 0.717) is 0 Å². The Hall–Kier alpha value is -0.310. The molecule has 0 spiro atoms. The van der Waals surface area contributed by atoms with Gasteiger partial charge in [0.2, 0.25) is 0 Å². The molecule has 2 nitrogen and oxygen atoms in total. The van der Waals surface area contributed by atoms with Crippen molar-refractivity contribution in [3.63, 3.8) is 0 Å². The first-order valence-corrected chi connectivity index (χ1v) is 4.55. The van der Waals surface area contributed by atoms with Crippen LogP contribution in [0.15, 0.2) is 12.5 Å². The van der Waals surface area contributed by atoms with Gasteiger partial charge in [0.05, 0.1) is 12.0 Å². The highest BCUT2D eigenvalue weighted by Crippen LogP contribution is 1.98. The van der Waals surface area contributed by atoms with Gasteiger partial charge in [0, 0.05) is 24.5 Å². The Kier molecular flexibility index (Phi) is 2.93. The maximum Gasteiger partial charge on any atom is 0.0949 e. The zero-order chi connectivity index (χ0) is 7.40. The van der Waals surface area contributed by atoms with Crippen LogP contribution < -0.4 is 0 Å². The van der Waals surface area contributed by atoms with Gasteiger partial charge in [-0.1, -0.05) is 15.9 Å². The standard InChI is InChI=1S/C7H11BrN2/c1-2-10-5-7(3-4-8)9-6-10/h5-6H,2-4H2,1H3. The molecule has 3 heteroatoms. The normalized spacial score (nSPS) is 10.2. The van der Waals surface area contributed by atoms with E-state index in [-0.39, 0.29) is 0 Å². The van der Waals surface area contributed by atoms with Crippen molar-refractivity contribution >= 4 is 15.9 Å². The number of rotatable bonds is 3. The summed E-state index contributed by atoms with van der Waals surface area (Å²) >= 11 is 3.37. The molecule has 0 aliphatic rings. The summed E-state index contributed by atoms with van der Waals surface area (Å²) in [4.78, 5) is 4.21. The van der Waals surface area contributed by atoms with Crippen LogP contribution in [0.3, 0.4) is 0 Å². The predicted octanol–water partition coefficient (Wildman–Crippen LogP) is 1.84. The topological polar surface area (TPSA) is 17.8 Å². The lowest BCUT2D eigenvalue weighted by Crippen LogP contribution is -1.88. The summed E-state index contributed by atoms with van der Waals surface area (Å²) in [6, 6.07) is 0. The molecule has 0 N–H and O–H groups in total. The molecule has 1 aromatic rings. The van der Waals surface area contributed by atoms with Crippen LogP contribution >= 0.6 is 15.9 Å². The summed E-state index contributed by atoms with van der Waals surface area (Å²) in [5, 5.41) is 0.994. The highest BCUT2D eigenvalue weighted by molar-refractivity contribution is 9.09. The second-order valence-electron chi connectivity index (χ2n) is 2.13. The molecule has 10 heavy (non-hydrogen) atoms. The largest absolute Gasteiger partial charge is 0.337 e. The summed E-state index contributed by atoms with van der Waals surface area (Å²) < 4.78 is 2.08. The lowest BCUT2D eigenvalue weighted by atomic mass is 10.4. The van der Waals surface area contributed by atoms with E-state index in [0.717, 1.165) is 18.3 Å². The first-order valence-electron chi connectivity index (χ1n) is 3.43. The van der Waals surface area contributed by atoms with Crippen LogP contribution in [0.1, 0.15) is 12.6 Å². The minimum Gasteiger partial charge on any atom is -0.337 e. The molecule has 0 aliphatic heterocycles. The molecule has 1 heterocycles. The van der Waals surface area contributed by atoms with Gasteiger partial charge in [-0.2, -0.15) is 0 Å². The lowest BCUT2D eigenvalue weighted by Gasteiger charge is -1.90. The predicted molar refractivity (Wildman–Crippen MR) is 45.4 cm³/mol. The maximum absolute atomic E-state index is 4.21. The Bertz CT molecular complexity index is 195. The van der Waals surface area contributed by atoms with Crippen LogP contribution in [-0.2, 0) is 13.0 Å². The average Bonchev–Trinajstić information content (AvgIpc) is 2.37. The molecule has 0 saturated carbocycles. The Balaban J connectivity index is 2.59. The first-order chi connectivity index (χ1) is 4.86. The molecule has 0 saturated heterocycles. The van der Waals surface area contributed by atoms with Gasteiger partial charge >= 0.3 is 0 Å². The highest BCUT2D eigenvalue weighted by Gasteiger charge is 1.94. The fourth-order valence-corrected chi connectivity index (χ4v) is 1.21. The van der Waals surface area contributed by atoms with Gasteiger partial charge in [-0.25, -0.2) is 4.98 Å². The van der Waals surface area contributed by atoms with Gasteiger partial charge in [-0.15, -0.1) is 0 Å². The number of halogens is 1. The molecule has 56 valence electrons. The Morgan fingerprint density at radius 1 is 1.70 bits per heavy atom. The Labute approximate surface area is 69.4 Å². The van der Waals surface area contributed by atoms with Gasteiger partial charge in [-0.05, 0) is 6.92 Å². The first kappa shape index (κ1) is 7.79. The number of alkyl halides is 1. The van der Waals surface area contributed by atoms with E-state index in [4.69, 9.17) is 0 Å². The van der Waals surface area contributed by atoms with Crippen LogP contribution in [0.2, 0.25) is 0 Å². The van der Waals surface area contributed by atoms with E-state index in [1.165, 1.54) is 5.69 Å². The Morgan fingerprint density at radius 3 is 3.00 bits per heavy atom. The SMILES string of the molecule is CCn1cnc(CCBr)c1. The molecule has 1 rings (SSSR count). The van der Waals surface area contributed by atoms with Crippen molar-refractivity contribution in [2.45, 2.75) is 19.9 Å². The summed E-state index contributed by atoms with van der Waals surface area (Å²) in [5.74, 6) is 0. The Morgan fingerprint density at radius 2 is 2.50 bits per heavy atom. The summed E-state index contributed by atoms with van der Waals surface area (Å²) in [7, 11) is 0. The van der Waals surface area contributed by atoms with Gasteiger partial charge in [0.1, 0.15) is 0 Å². The van der Waals surface area contributed by atoms with Crippen molar-refractivity contribution < 1.29 is 0 Å². The fourth-order valence-electron chi connectivity index (χ4n) is 0.805. The lowest BCUT2D eigenvalue weighted by molar-refractivity contribution is 0.760. The number of hydrogen-bond donors (Lipinski definition) is 0. The van der Waals surface area contributed by atoms with Crippen LogP contribution in [-0.4, -0.2) is 14.9 Å². The zero-order valence-electron chi connectivity index (χ0n) is 6.05. The maximum atomic E-state index is 4.21. The molecule has 0 aliphatic carbocycles. The van der Waals surface area contributed by atoms with E-state index in [2.05, 4.69) is 38.6 Å². The van der Waals surface area contributed by atoms with E-state index >= 15 is 0 Å². The van der Waals surface area contributed by atoms with Crippen molar-refractivity contribution in [1.29, 1.82) is 0 Å². The monoisotopic (exact) mass is 202 g/mol. The molecule has 0 aromatic carbocycles. The van der Waals surface area contributed by atoms with Crippen LogP contribution in [0.4, 0.5) is 0 Å². The van der Waals surface area contributed by atoms with Crippen LogP contribution in [0.25, 0.3) is 0 Å². The number of imidazole rings is 1. The minimum absolute atomic E-state index is 0.994. The van der Waals surface area contributed by atoms with Crippen LogP contribution in [0, 0.1) is 0 Å². The van der Waals surface area contributed by atoms with Gasteiger partial charge in [0.25, 0.3) is 0 Å². The zero-order valence-corrected chi connectivity index (χ0v) is 7.63. The van der Waals surface area contributed by atoms with Crippen molar-refractivity contribution in [2.24, 2.45) is 0 Å². The molecule has 0 atom stereocenters. The van der Waals surface area contributed by atoms with Crippen molar-refractivity contribution in [1.82, 2.24) is 9.55 Å². The third-order valence-electron chi connectivity index (χ3n) is 1.40. The molecule has 0 bridgehead atoms. The smallest absolute Gasteiger partial charge is 0.0949 e. The quantitative estimate of drug-likeness (QED) is 0.685. The third kappa shape index (κ3) is 1.84. The molecular weight excluding hydrogens is 192 g/mol. The van der Waals surface area contributed by atoms with Crippen molar-refractivity contribution in [2.75, 3.05) is 5.33 Å². The van der Waals surface area contributed by atoms with E-state index < -0.39 is 0 Å². The summed E-state index contributed by atoms with van der Waals surface area (Å²) in [5.41, 5.74) is 1.17. The molecule has 1 aromatic heterocycles. The second-order valence-corrected chi connectivity index (χ2v) is 2.93. The van der Waals surface area contributed by atoms with Crippen molar-refractivity contribution in [3.05, 3.63) is 18.2 Å². The fraction of sp³-hybridized carbons (Fsp3) is 0.571. The summed E-state index contributed by atoms with van der Waals surface area (Å²) in [6.45, 7) is 3.12. The van der Waals surface area contributed by atoms with E-state index in [1.807, 2.05) is 6.33 Å². The van der Waals surface area contributed by atoms with Gasteiger partial charge in [0.15, 0.2) is 0 Å². The average molecular weight is 203 g/mol. The number of hydrogen-bond acceptors (Lipinski definition) is 1. The highest BCUT2D eigenvalue weighted by atomic mass is 79.9. The summed E-state index contributed by atoms with van der Waals surface area (Å²) in [6.07, 6.45) is 4.98. The molecule has 0 unspecified atom stereocenters. The van der Waals surface area contributed by atoms with Gasteiger partial charge < -0.3 is 4.57 Å². The number of aromatic nitrogens is 2. The van der Waals surface area contributed by atoms with Gasteiger partial charge in [-0.3, -0.25) is 0 Å². The van der Waals surface area contributed by atoms with E-state index in [9.17, 15) is 0 Å². The molecule has 0 fully saturated rings. The molecular formula is C7H11BrN2. The van der Waals surface area contributed by atoms with E-state index in [1.54, 1.807) is 0 Å². The molecule has 0 radical (unpaired) electrons. The number of aryl methyl sites for hydroxylation is 2. The number of nitrogens with zero attached hydrogens (tertiary/aromatic N) is 2. The third-order valence-corrected chi connectivity index (χ3v) is 1.80. The van der Waals surface area contributed by atoms with Crippen LogP contribution in [0.5, 0.6) is 0 Å². The molecule has 0 amide bonds. The van der Waals surface area contributed by atoms with Crippen molar-refractivity contribution in [3.8, 4) is 0 Å².